The molecule has 0 saturated carbocycles. The van der Waals surface area contributed by atoms with Crippen molar-refractivity contribution in [1.82, 2.24) is 10.2 Å². The summed E-state index contributed by atoms with van der Waals surface area (Å²) in [6, 6.07) is -0.265. The maximum atomic E-state index is 12.3. The zero-order valence-corrected chi connectivity index (χ0v) is 12.5. The van der Waals surface area contributed by atoms with Crippen LogP contribution in [-0.4, -0.2) is 42.7 Å². The van der Waals surface area contributed by atoms with Crippen molar-refractivity contribution in [1.29, 1.82) is 0 Å². The second kappa shape index (κ2) is 7.29. The van der Waals surface area contributed by atoms with Gasteiger partial charge in [0.1, 0.15) is 0 Å². The van der Waals surface area contributed by atoms with Gasteiger partial charge in [-0.1, -0.05) is 20.8 Å². The standard InChI is InChI=1S/C14H25F3N2O/c1-4-11(5-2)13(20)19-7-10(3)6-12(8-19)18-9-14(15,16)17/h10-12,18H,4-9H2,1-3H3. The lowest BCUT2D eigenvalue weighted by Crippen LogP contribution is -2.53. The van der Waals surface area contributed by atoms with Crippen LogP contribution in [0.3, 0.4) is 0 Å². The van der Waals surface area contributed by atoms with Crippen LogP contribution in [0, 0.1) is 11.8 Å². The second-order valence-electron chi connectivity index (χ2n) is 5.79. The van der Waals surface area contributed by atoms with Gasteiger partial charge in [0.2, 0.25) is 5.91 Å². The summed E-state index contributed by atoms with van der Waals surface area (Å²) in [5.74, 6) is 0.303. The first-order chi connectivity index (χ1) is 9.26. The topological polar surface area (TPSA) is 32.3 Å². The van der Waals surface area contributed by atoms with Gasteiger partial charge in [-0.05, 0) is 25.2 Å². The van der Waals surface area contributed by atoms with Crippen LogP contribution in [0.5, 0.6) is 0 Å². The predicted molar refractivity (Wildman–Crippen MR) is 72.3 cm³/mol. The highest BCUT2D eigenvalue weighted by atomic mass is 19.4. The van der Waals surface area contributed by atoms with Gasteiger partial charge in [-0.3, -0.25) is 4.79 Å². The molecular weight excluding hydrogens is 269 g/mol. The number of carbonyl (C=O) groups excluding carboxylic acids is 1. The van der Waals surface area contributed by atoms with E-state index in [1.54, 1.807) is 4.90 Å². The number of nitrogens with one attached hydrogen (secondary N) is 1. The minimum atomic E-state index is -4.20. The fourth-order valence-corrected chi connectivity index (χ4v) is 2.84. The Morgan fingerprint density at radius 2 is 1.90 bits per heavy atom. The summed E-state index contributed by atoms with van der Waals surface area (Å²) < 4.78 is 36.8. The first-order valence-corrected chi connectivity index (χ1v) is 7.35. The van der Waals surface area contributed by atoms with E-state index in [0.29, 0.717) is 19.5 Å². The quantitative estimate of drug-likeness (QED) is 0.845. The van der Waals surface area contributed by atoms with Crippen molar-refractivity contribution in [3.8, 4) is 0 Å². The average molecular weight is 294 g/mol. The molecule has 2 atom stereocenters. The molecule has 1 saturated heterocycles. The monoisotopic (exact) mass is 294 g/mol. The summed E-state index contributed by atoms with van der Waals surface area (Å²) in [5, 5.41) is 2.53. The highest BCUT2D eigenvalue weighted by Gasteiger charge is 2.33. The van der Waals surface area contributed by atoms with E-state index >= 15 is 0 Å². The summed E-state index contributed by atoms with van der Waals surface area (Å²) >= 11 is 0. The third-order valence-electron chi connectivity index (χ3n) is 3.90. The molecule has 20 heavy (non-hydrogen) atoms. The number of alkyl halides is 3. The predicted octanol–water partition coefficient (Wildman–Crippen LogP) is 2.81. The second-order valence-corrected chi connectivity index (χ2v) is 5.79. The van der Waals surface area contributed by atoms with Gasteiger partial charge in [-0.2, -0.15) is 13.2 Å². The first kappa shape index (κ1) is 17.3. The minimum absolute atomic E-state index is 0.0106. The molecule has 1 heterocycles. The van der Waals surface area contributed by atoms with Crippen LogP contribution in [0.15, 0.2) is 0 Å². The van der Waals surface area contributed by atoms with Crippen molar-refractivity contribution in [3.63, 3.8) is 0 Å². The summed E-state index contributed by atoms with van der Waals surface area (Å²) in [4.78, 5) is 14.1. The SMILES string of the molecule is CCC(CC)C(=O)N1CC(C)CC(NCC(F)(F)F)C1. The lowest BCUT2D eigenvalue weighted by molar-refractivity contribution is -0.139. The molecule has 118 valence electrons. The highest BCUT2D eigenvalue weighted by Crippen LogP contribution is 2.22. The molecule has 6 heteroatoms. The molecule has 0 spiro atoms. The molecule has 1 aliphatic rings. The Bertz CT molecular complexity index is 316. The maximum absolute atomic E-state index is 12.3. The zero-order valence-electron chi connectivity index (χ0n) is 12.5. The van der Waals surface area contributed by atoms with E-state index in [1.165, 1.54) is 0 Å². The molecule has 3 nitrogen and oxygen atoms in total. The fraction of sp³-hybridized carbons (Fsp3) is 0.929. The molecule has 0 aliphatic carbocycles. The van der Waals surface area contributed by atoms with Crippen molar-refractivity contribution in [2.45, 2.75) is 52.3 Å². The molecule has 0 aromatic rings. The Morgan fingerprint density at radius 1 is 1.30 bits per heavy atom. The van der Waals surface area contributed by atoms with Gasteiger partial charge in [-0.15, -0.1) is 0 Å². The number of halogens is 3. The Hall–Kier alpha value is -0.780. The molecule has 1 N–H and O–H groups in total. The van der Waals surface area contributed by atoms with Crippen LogP contribution < -0.4 is 5.32 Å². The lowest BCUT2D eigenvalue weighted by Gasteiger charge is -2.38. The summed E-state index contributed by atoms with van der Waals surface area (Å²) in [5.41, 5.74) is 0. The van der Waals surface area contributed by atoms with Gasteiger partial charge in [0.05, 0.1) is 6.54 Å². The molecule has 0 aromatic carbocycles. The van der Waals surface area contributed by atoms with Crippen LogP contribution in [0.2, 0.25) is 0 Å². The minimum Gasteiger partial charge on any atom is -0.341 e. The number of nitrogens with zero attached hydrogens (tertiary/aromatic N) is 1. The van der Waals surface area contributed by atoms with Crippen molar-refractivity contribution in [2.75, 3.05) is 19.6 Å². The van der Waals surface area contributed by atoms with Crippen LogP contribution >= 0.6 is 0 Å². The number of rotatable bonds is 5. The summed E-state index contributed by atoms with van der Waals surface area (Å²) in [6.07, 6.45) is -1.96. The Morgan fingerprint density at radius 3 is 2.40 bits per heavy atom. The van der Waals surface area contributed by atoms with Crippen LogP contribution in [0.1, 0.15) is 40.0 Å². The Balaban J connectivity index is 2.59. The highest BCUT2D eigenvalue weighted by molar-refractivity contribution is 5.78. The molecule has 1 amide bonds. The lowest BCUT2D eigenvalue weighted by atomic mass is 9.93. The summed E-state index contributed by atoms with van der Waals surface area (Å²) in [7, 11) is 0. The van der Waals surface area contributed by atoms with Crippen molar-refractivity contribution < 1.29 is 18.0 Å². The molecule has 0 radical (unpaired) electrons. The molecule has 1 aliphatic heterocycles. The van der Waals surface area contributed by atoms with Gasteiger partial charge in [0, 0.05) is 25.0 Å². The smallest absolute Gasteiger partial charge is 0.341 e. The molecular formula is C14H25F3N2O. The molecule has 0 bridgehead atoms. The third-order valence-corrected chi connectivity index (χ3v) is 3.90. The maximum Gasteiger partial charge on any atom is 0.401 e. The van der Waals surface area contributed by atoms with Gasteiger partial charge < -0.3 is 10.2 Å². The van der Waals surface area contributed by atoms with E-state index in [4.69, 9.17) is 0 Å². The van der Waals surface area contributed by atoms with Crippen molar-refractivity contribution in [3.05, 3.63) is 0 Å². The molecule has 1 rings (SSSR count). The summed E-state index contributed by atoms with van der Waals surface area (Å²) in [6.45, 7) is 5.97. The Kier molecular flexibility index (Phi) is 6.30. The van der Waals surface area contributed by atoms with Crippen molar-refractivity contribution >= 4 is 5.91 Å². The molecule has 2 unspecified atom stereocenters. The van der Waals surface area contributed by atoms with E-state index in [1.807, 2.05) is 20.8 Å². The average Bonchev–Trinajstić information content (AvgIpc) is 2.36. The van der Waals surface area contributed by atoms with E-state index in [0.717, 1.165) is 12.8 Å². The Labute approximate surface area is 118 Å². The number of likely N-dealkylation sites (tertiary alicyclic amines) is 1. The van der Waals surface area contributed by atoms with E-state index in [9.17, 15) is 18.0 Å². The zero-order chi connectivity index (χ0) is 15.3. The number of carbonyl (C=O) groups is 1. The van der Waals surface area contributed by atoms with Gasteiger partial charge in [-0.25, -0.2) is 0 Å². The van der Waals surface area contributed by atoms with Crippen molar-refractivity contribution in [2.24, 2.45) is 11.8 Å². The fourth-order valence-electron chi connectivity index (χ4n) is 2.84. The van der Waals surface area contributed by atoms with Crippen LogP contribution in [0.25, 0.3) is 0 Å². The number of piperidine rings is 1. The molecule has 0 aromatic heterocycles. The number of hydrogen-bond donors (Lipinski definition) is 1. The normalized spacial score (nSPS) is 24.2. The first-order valence-electron chi connectivity index (χ1n) is 7.35. The number of hydrogen-bond acceptors (Lipinski definition) is 2. The largest absolute Gasteiger partial charge is 0.401 e. The van der Waals surface area contributed by atoms with E-state index in [-0.39, 0.29) is 23.8 Å². The van der Waals surface area contributed by atoms with Gasteiger partial charge in [0.25, 0.3) is 0 Å². The van der Waals surface area contributed by atoms with E-state index < -0.39 is 12.7 Å². The van der Waals surface area contributed by atoms with E-state index in [2.05, 4.69) is 5.32 Å². The van der Waals surface area contributed by atoms with Crippen LogP contribution in [-0.2, 0) is 4.79 Å². The third kappa shape index (κ3) is 5.31. The van der Waals surface area contributed by atoms with Crippen LogP contribution in [0.4, 0.5) is 13.2 Å². The van der Waals surface area contributed by atoms with Gasteiger partial charge in [0.15, 0.2) is 0 Å². The number of amides is 1. The van der Waals surface area contributed by atoms with Gasteiger partial charge >= 0.3 is 6.18 Å². The molecule has 1 fully saturated rings.